The summed E-state index contributed by atoms with van der Waals surface area (Å²) in [6.45, 7) is 1.49. The predicted octanol–water partition coefficient (Wildman–Crippen LogP) is 1.99. The summed E-state index contributed by atoms with van der Waals surface area (Å²) in [7, 11) is 0. The molecule has 7 heteroatoms. The van der Waals surface area contributed by atoms with Crippen molar-refractivity contribution in [1.29, 1.82) is 0 Å². The van der Waals surface area contributed by atoms with Gasteiger partial charge in [0.1, 0.15) is 16.6 Å². The van der Waals surface area contributed by atoms with Crippen LogP contribution in [0.1, 0.15) is 5.56 Å². The number of anilines is 1. The Morgan fingerprint density at radius 2 is 1.60 bits per heavy atom. The lowest BCUT2D eigenvalue weighted by molar-refractivity contribution is -0.140. The number of amides is 3. The van der Waals surface area contributed by atoms with Crippen LogP contribution in [-0.2, 0) is 14.4 Å². The van der Waals surface area contributed by atoms with Crippen molar-refractivity contribution in [3.63, 3.8) is 0 Å². The second-order valence-corrected chi connectivity index (χ2v) is 4.99. The van der Waals surface area contributed by atoms with Crippen LogP contribution in [0.3, 0.4) is 0 Å². The van der Waals surface area contributed by atoms with Gasteiger partial charge in [-0.05, 0) is 19.1 Å². The lowest BCUT2D eigenvalue weighted by Crippen LogP contribution is -2.38. The Morgan fingerprint density at radius 1 is 1.10 bits per heavy atom. The molecule has 1 aliphatic rings. The van der Waals surface area contributed by atoms with Gasteiger partial charge in [0, 0.05) is 5.69 Å². The second-order valence-electron chi connectivity index (χ2n) is 4.24. The number of carbonyl (C=O) groups is 3. The largest absolute Gasteiger partial charge is 0.325 e. The number of nitrogens with one attached hydrogen (secondary N) is 1. The molecule has 1 aromatic carbocycles. The Bertz CT molecular complexity index is 599. The normalized spacial score (nSPS) is 15.1. The fourth-order valence-electron chi connectivity index (χ4n) is 1.64. The molecule has 0 bridgehead atoms. The second kappa shape index (κ2) is 5.64. The van der Waals surface area contributed by atoms with Gasteiger partial charge in [0.05, 0.1) is 0 Å². The molecule has 0 fully saturated rings. The van der Waals surface area contributed by atoms with Gasteiger partial charge in [-0.25, -0.2) is 0 Å². The zero-order valence-electron chi connectivity index (χ0n) is 10.4. The quantitative estimate of drug-likeness (QED) is 0.868. The van der Waals surface area contributed by atoms with Crippen molar-refractivity contribution in [2.24, 2.45) is 0 Å². The van der Waals surface area contributed by atoms with Crippen LogP contribution in [-0.4, -0.2) is 29.2 Å². The molecule has 1 heterocycles. The lowest BCUT2D eigenvalue weighted by Gasteiger charge is -2.13. The van der Waals surface area contributed by atoms with E-state index in [9.17, 15) is 14.4 Å². The van der Waals surface area contributed by atoms with E-state index in [2.05, 4.69) is 5.32 Å². The number of aryl methyl sites for hydroxylation is 1. The molecule has 2 rings (SSSR count). The molecule has 1 N–H and O–H groups in total. The minimum absolute atomic E-state index is 0.361. The van der Waals surface area contributed by atoms with Gasteiger partial charge in [0.2, 0.25) is 5.91 Å². The van der Waals surface area contributed by atoms with Gasteiger partial charge in [0.25, 0.3) is 11.8 Å². The van der Waals surface area contributed by atoms with E-state index in [0.717, 1.165) is 5.56 Å². The summed E-state index contributed by atoms with van der Waals surface area (Å²) in [5.41, 5.74) is 1.63. The van der Waals surface area contributed by atoms with Crippen LogP contribution in [0.4, 0.5) is 5.69 Å². The monoisotopic (exact) mass is 312 g/mol. The number of hydrogen-bond donors (Lipinski definition) is 1. The maximum Gasteiger partial charge on any atom is 0.274 e. The number of rotatable bonds is 3. The molecule has 0 aromatic heterocycles. The summed E-state index contributed by atoms with van der Waals surface area (Å²) in [5, 5.41) is 1.85. The van der Waals surface area contributed by atoms with Crippen LogP contribution < -0.4 is 5.32 Å². The molecule has 1 aromatic rings. The number of hydrogen-bond acceptors (Lipinski definition) is 3. The van der Waals surface area contributed by atoms with Crippen molar-refractivity contribution in [3.8, 4) is 0 Å². The lowest BCUT2D eigenvalue weighted by atomic mass is 10.2. The third-order valence-electron chi connectivity index (χ3n) is 2.70. The zero-order valence-corrected chi connectivity index (χ0v) is 12.0. The molecule has 1 aliphatic heterocycles. The number of imide groups is 1. The number of halogens is 2. The number of nitrogens with zero attached hydrogens (tertiary/aromatic N) is 1. The van der Waals surface area contributed by atoms with E-state index in [1.807, 2.05) is 19.1 Å². The standard InChI is InChI=1S/C13H10Cl2N2O3/c1-7-2-4-8(5-3-7)16-9(18)6-17-12(19)10(14)11(15)13(17)20/h2-5H,6H2,1H3,(H,16,18). The Morgan fingerprint density at radius 3 is 2.10 bits per heavy atom. The first kappa shape index (κ1) is 14.6. The first-order valence-corrected chi connectivity index (χ1v) is 6.43. The minimum atomic E-state index is -0.763. The Hall–Kier alpha value is -1.85. The molecule has 0 saturated heterocycles. The first-order chi connectivity index (χ1) is 9.40. The van der Waals surface area contributed by atoms with Crippen molar-refractivity contribution in [2.45, 2.75) is 6.92 Å². The van der Waals surface area contributed by atoms with Crippen molar-refractivity contribution < 1.29 is 14.4 Å². The van der Waals surface area contributed by atoms with Gasteiger partial charge in [-0.3, -0.25) is 19.3 Å². The highest BCUT2D eigenvalue weighted by Gasteiger charge is 2.37. The summed E-state index contributed by atoms with van der Waals surface area (Å²) in [6.07, 6.45) is 0. The average Bonchev–Trinajstić information content (AvgIpc) is 2.59. The van der Waals surface area contributed by atoms with E-state index < -0.39 is 24.3 Å². The van der Waals surface area contributed by atoms with Gasteiger partial charge in [0.15, 0.2) is 0 Å². The molecule has 3 amide bonds. The van der Waals surface area contributed by atoms with E-state index in [1.54, 1.807) is 12.1 Å². The Labute approximate surface area is 125 Å². The first-order valence-electron chi connectivity index (χ1n) is 5.68. The van der Waals surface area contributed by atoms with Gasteiger partial charge in [-0.15, -0.1) is 0 Å². The van der Waals surface area contributed by atoms with Crippen molar-refractivity contribution in [2.75, 3.05) is 11.9 Å². The molecule has 104 valence electrons. The highest BCUT2D eigenvalue weighted by atomic mass is 35.5. The Balaban J connectivity index is 2.01. The average molecular weight is 313 g/mol. The van der Waals surface area contributed by atoms with Crippen LogP contribution in [0, 0.1) is 6.92 Å². The van der Waals surface area contributed by atoms with Crippen LogP contribution >= 0.6 is 23.2 Å². The number of benzene rings is 1. The summed E-state index contributed by atoms with van der Waals surface area (Å²) >= 11 is 11.1. The molecule has 0 saturated carbocycles. The van der Waals surface area contributed by atoms with Gasteiger partial charge < -0.3 is 5.32 Å². The van der Waals surface area contributed by atoms with Crippen molar-refractivity contribution >= 4 is 46.6 Å². The third kappa shape index (κ3) is 2.84. The third-order valence-corrected chi connectivity index (χ3v) is 3.49. The van der Waals surface area contributed by atoms with Crippen LogP contribution in [0.25, 0.3) is 0 Å². The predicted molar refractivity (Wildman–Crippen MR) is 75.3 cm³/mol. The molecule has 5 nitrogen and oxygen atoms in total. The summed E-state index contributed by atoms with van der Waals surface area (Å²) in [4.78, 5) is 35.7. The smallest absolute Gasteiger partial charge is 0.274 e. The summed E-state index contributed by atoms with van der Waals surface area (Å²) < 4.78 is 0. The van der Waals surface area contributed by atoms with Crippen LogP contribution in [0.5, 0.6) is 0 Å². The van der Waals surface area contributed by atoms with Crippen LogP contribution in [0.2, 0.25) is 0 Å². The molecule has 0 radical (unpaired) electrons. The fourth-order valence-corrected chi connectivity index (χ4v) is 2.01. The molecular formula is C13H10Cl2N2O3. The van der Waals surface area contributed by atoms with Crippen molar-refractivity contribution in [1.82, 2.24) is 4.90 Å². The fraction of sp³-hybridized carbons (Fsp3) is 0.154. The van der Waals surface area contributed by atoms with E-state index in [0.29, 0.717) is 10.6 Å². The highest BCUT2D eigenvalue weighted by molar-refractivity contribution is 6.58. The van der Waals surface area contributed by atoms with Gasteiger partial charge in [-0.2, -0.15) is 0 Å². The summed E-state index contributed by atoms with van der Waals surface area (Å²) in [5.74, 6) is -2.03. The molecule has 20 heavy (non-hydrogen) atoms. The van der Waals surface area contributed by atoms with Gasteiger partial charge >= 0.3 is 0 Å². The SMILES string of the molecule is Cc1ccc(NC(=O)CN2C(=O)C(Cl)=C(Cl)C2=O)cc1. The van der Waals surface area contributed by atoms with Crippen molar-refractivity contribution in [3.05, 3.63) is 39.9 Å². The Kier molecular flexibility index (Phi) is 4.11. The molecule has 0 aliphatic carbocycles. The van der Waals surface area contributed by atoms with Crippen LogP contribution in [0.15, 0.2) is 34.3 Å². The minimum Gasteiger partial charge on any atom is -0.325 e. The van der Waals surface area contributed by atoms with E-state index in [4.69, 9.17) is 23.2 Å². The molecule has 0 unspecified atom stereocenters. The maximum absolute atomic E-state index is 11.8. The number of carbonyl (C=O) groups excluding carboxylic acids is 3. The summed E-state index contributed by atoms with van der Waals surface area (Å²) in [6, 6.07) is 7.10. The molecule has 0 spiro atoms. The molecular weight excluding hydrogens is 303 g/mol. The molecule has 0 atom stereocenters. The maximum atomic E-state index is 11.8. The van der Waals surface area contributed by atoms with E-state index >= 15 is 0 Å². The zero-order chi connectivity index (χ0) is 14.9. The topological polar surface area (TPSA) is 66.5 Å². The van der Waals surface area contributed by atoms with E-state index in [-0.39, 0.29) is 10.1 Å². The highest BCUT2D eigenvalue weighted by Crippen LogP contribution is 2.26. The van der Waals surface area contributed by atoms with Gasteiger partial charge in [-0.1, -0.05) is 40.9 Å². The van der Waals surface area contributed by atoms with E-state index in [1.165, 1.54) is 0 Å².